The summed E-state index contributed by atoms with van der Waals surface area (Å²) in [4.78, 5) is 41.2. The number of thiophene rings is 1. The zero-order valence-corrected chi connectivity index (χ0v) is 16.8. The monoisotopic (exact) mass is 421 g/mol. The summed E-state index contributed by atoms with van der Waals surface area (Å²) in [7, 11) is 0. The molecule has 29 heavy (non-hydrogen) atoms. The molecule has 4 heterocycles. The highest BCUT2D eigenvalue weighted by Gasteiger charge is 2.26. The van der Waals surface area contributed by atoms with E-state index < -0.39 is 0 Å². The number of amides is 2. The van der Waals surface area contributed by atoms with Crippen LogP contribution in [0, 0.1) is 0 Å². The molecule has 0 unspecified atom stereocenters. The molecule has 7 nitrogen and oxygen atoms in total. The van der Waals surface area contributed by atoms with E-state index in [0.717, 1.165) is 16.1 Å². The normalized spacial score (nSPS) is 13.3. The van der Waals surface area contributed by atoms with Crippen molar-refractivity contribution in [2.75, 3.05) is 11.9 Å². The Morgan fingerprint density at radius 2 is 1.97 bits per heavy atom. The van der Waals surface area contributed by atoms with Crippen molar-refractivity contribution in [1.82, 2.24) is 19.9 Å². The summed E-state index contributed by atoms with van der Waals surface area (Å²) in [6, 6.07) is 9.26. The van der Waals surface area contributed by atoms with Crippen molar-refractivity contribution in [3.05, 3.63) is 69.1 Å². The first kappa shape index (κ1) is 17.9. The molecule has 144 valence electrons. The first-order chi connectivity index (χ1) is 14.2. The molecule has 0 spiro atoms. The van der Waals surface area contributed by atoms with Gasteiger partial charge in [0, 0.05) is 23.2 Å². The first-order valence-corrected chi connectivity index (χ1v) is 10.8. The molecule has 0 saturated carbocycles. The van der Waals surface area contributed by atoms with Gasteiger partial charge in [-0.05, 0) is 23.6 Å². The molecule has 2 amide bonds. The molecule has 1 aliphatic heterocycles. The zero-order chi connectivity index (χ0) is 19.8. The first-order valence-electron chi connectivity index (χ1n) is 9.00. The molecule has 0 aliphatic carbocycles. The predicted octanol–water partition coefficient (Wildman–Crippen LogP) is 3.60. The Balaban J connectivity index is 1.33. The van der Waals surface area contributed by atoms with Crippen molar-refractivity contribution in [2.45, 2.75) is 13.0 Å². The maximum absolute atomic E-state index is 12.9. The van der Waals surface area contributed by atoms with Gasteiger partial charge >= 0.3 is 0 Å². The van der Waals surface area contributed by atoms with Gasteiger partial charge in [-0.25, -0.2) is 9.97 Å². The third-order valence-electron chi connectivity index (χ3n) is 4.69. The number of carbonyl (C=O) groups excluding carboxylic acids is 2. The highest BCUT2D eigenvalue weighted by atomic mass is 32.1. The van der Waals surface area contributed by atoms with Crippen LogP contribution in [-0.2, 0) is 13.0 Å². The van der Waals surface area contributed by atoms with Crippen molar-refractivity contribution in [1.29, 1.82) is 0 Å². The van der Waals surface area contributed by atoms with Crippen LogP contribution in [0.1, 0.15) is 31.4 Å². The molecule has 5 rings (SSSR count). The highest BCUT2D eigenvalue weighted by molar-refractivity contribution is 7.16. The van der Waals surface area contributed by atoms with E-state index >= 15 is 0 Å². The Morgan fingerprint density at radius 3 is 2.79 bits per heavy atom. The van der Waals surface area contributed by atoms with Crippen LogP contribution in [0.15, 0.2) is 47.3 Å². The average Bonchev–Trinajstić information content (AvgIpc) is 3.42. The number of nitrogens with zero attached hydrogens (tertiary/aromatic N) is 4. The lowest BCUT2D eigenvalue weighted by Gasteiger charge is -2.25. The molecule has 4 aromatic rings. The molecule has 0 atom stereocenters. The van der Waals surface area contributed by atoms with Crippen molar-refractivity contribution >= 4 is 50.7 Å². The maximum Gasteiger partial charge on any atom is 0.274 e. The van der Waals surface area contributed by atoms with Gasteiger partial charge in [0.15, 0.2) is 5.13 Å². The van der Waals surface area contributed by atoms with Crippen LogP contribution in [0.4, 0.5) is 5.13 Å². The minimum absolute atomic E-state index is 0.147. The van der Waals surface area contributed by atoms with Crippen LogP contribution in [0.3, 0.4) is 0 Å². The summed E-state index contributed by atoms with van der Waals surface area (Å²) >= 11 is 2.89. The fourth-order valence-corrected chi connectivity index (χ4v) is 4.86. The number of hydrogen-bond acceptors (Lipinski definition) is 7. The number of fused-ring (bicyclic) bond motifs is 2. The Bertz CT molecular complexity index is 1220. The zero-order valence-electron chi connectivity index (χ0n) is 15.2. The van der Waals surface area contributed by atoms with E-state index in [1.165, 1.54) is 28.9 Å². The summed E-state index contributed by atoms with van der Waals surface area (Å²) < 4.78 is 0. The van der Waals surface area contributed by atoms with Crippen LogP contribution in [0.25, 0.3) is 11.0 Å². The van der Waals surface area contributed by atoms with E-state index in [4.69, 9.17) is 0 Å². The van der Waals surface area contributed by atoms with Gasteiger partial charge in [-0.2, -0.15) is 11.3 Å². The molecular formula is C20H15N5O2S2. The Morgan fingerprint density at radius 1 is 1.10 bits per heavy atom. The van der Waals surface area contributed by atoms with E-state index in [2.05, 4.69) is 20.3 Å². The van der Waals surface area contributed by atoms with Crippen LogP contribution in [0.5, 0.6) is 0 Å². The van der Waals surface area contributed by atoms with Gasteiger partial charge in [0.1, 0.15) is 5.69 Å². The Hall–Kier alpha value is -3.17. The summed E-state index contributed by atoms with van der Waals surface area (Å²) in [5.74, 6) is -0.317. The van der Waals surface area contributed by atoms with Crippen molar-refractivity contribution < 1.29 is 9.59 Å². The smallest absolute Gasteiger partial charge is 0.274 e. The van der Waals surface area contributed by atoms with E-state index in [1.54, 1.807) is 16.3 Å². The van der Waals surface area contributed by atoms with Crippen LogP contribution in [0.2, 0.25) is 0 Å². The summed E-state index contributed by atoms with van der Waals surface area (Å²) in [5, 5.41) is 7.07. The van der Waals surface area contributed by atoms with Crippen LogP contribution in [-0.4, -0.2) is 38.2 Å². The quantitative estimate of drug-likeness (QED) is 0.546. The Kier molecular flexibility index (Phi) is 4.53. The predicted molar refractivity (Wildman–Crippen MR) is 112 cm³/mol. The molecule has 0 fully saturated rings. The number of benzene rings is 1. The maximum atomic E-state index is 12.9. The Labute approximate surface area is 174 Å². The second kappa shape index (κ2) is 7.34. The molecular weight excluding hydrogens is 406 g/mol. The number of anilines is 1. The van der Waals surface area contributed by atoms with Gasteiger partial charge in [-0.1, -0.05) is 23.5 Å². The van der Waals surface area contributed by atoms with E-state index in [1.807, 2.05) is 29.6 Å². The molecule has 3 aromatic heterocycles. The number of carbonyl (C=O) groups is 2. The van der Waals surface area contributed by atoms with Crippen molar-refractivity contribution in [2.24, 2.45) is 0 Å². The lowest BCUT2D eigenvalue weighted by molar-refractivity contribution is 0.0730. The fraction of sp³-hybridized carbons (Fsp3) is 0.150. The summed E-state index contributed by atoms with van der Waals surface area (Å²) in [6.45, 7) is 1.01. The molecule has 0 bridgehead atoms. The lowest BCUT2D eigenvalue weighted by Crippen LogP contribution is -2.36. The number of rotatable bonds is 3. The number of hydrogen-bond donors (Lipinski definition) is 1. The lowest BCUT2D eigenvalue weighted by atomic mass is 10.1. The topological polar surface area (TPSA) is 88.1 Å². The number of para-hydroxylation sites is 2. The SMILES string of the molecule is O=C(Nc1nc2c(s1)CN(C(=O)c1cnc3ccccc3n1)CC2)c1ccsc1. The minimum Gasteiger partial charge on any atom is -0.332 e. The van der Waals surface area contributed by atoms with E-state index in [-0.39, 0.29) is 11.8 Å². The second-order valence-corrected chi connectivity index (χ2v) is 8.44. The van der Waals surface area contributed by atoms with Gasteiger partial charge in [0.25, 0.3) is 11.8 Å². The summed E-state index contributed by atoms with van der Waals surface area (Å²) in [6.07, 6.45) is 2.17. The standard InChI is InChI=1S/C20H15N5O2S2/c26-18(12-6-8-28-11-12)24-20-23-15-5-7-25(10-17(15)29-20)19(27)16-9-21-13-3-1-2-4-14(13)22-16/h1-4,6,8-9,11H,5,7,10H2,(H,23,24,26). The minimum atomic E-state index is -0.170. The summed E-state index contributed by atoms with van der Waals surface area (Å²) in [5.41, 5.74) is 3.35. The van der Waals surface area contributed by atoms with E-state index in [9.17, 15) is 9.59 Å². The average molecular weight is 422 g/mol. The number of aromatic nitrogens is 3. The number of thiazole rings is 1. The molecule has 0 saturated heterocycles. The molecule has 1 aliphatic rings. The third kappa shape index (κ3) is 3.50. The largest absolute Gasteiger partial charge is 0.332 e. The molecule has 0 radical (unpaired) electrons. The fourth-order valence-electron chi connectivity index (χ4n) is 3.21. The second-order valence-electron chi connectivity index (χ2n) is 6.58. The molecule has 9 heteroatoms. The highest BCUT2D eigenvalue weighted by Crippen LogP contribution is 2.29. The van der Waals surface area contributed by atoms with Gasteiger partial charge in [-0.15, -0.1) is 0 Å². The van der Waals surface area contributed by atoms with Crippen LogP contribution >= 0.6 is 22.7 Å². The van der Waals surface area contributed by atoms with Gasteiger partial charge in [0.05, 0.1) is 35.0 Å². The van der Waals surface area contributed by atoms with Gasteiger partial charge in [0.2, 0.25) is 0 Å². The molecule has 1 aromatic carbocycles. The molecule has 1 N–H and O–H groups in total. The van der Waals surface area contributed by atoms with Gasteiger partial charge in [-0.3, -0.25) is 19.9 Å². The van der Waals surface area contributed by atoms with Crippen molar-refractivity contribution in [3.8, 4) is 0 Å². The van der Waals surface area contributed by atoms with Crippen molar-refractivity contribution in [3.63, 3.8) is 0 Å². The van der Waals surface area contributed by atoms with E-state index in [0.29, 0.717) is 41.4 Å². The number of nitrogens with one attached hydrogen (secondary N) is 1. The van der Waals surface area contributed by atoms with Gasteiger partial charge < -0.3 is 4.90 Å². The van der Waals surface area contributed by atoms with Crippen LogP contribution < -0.4 is 5.32 Å². The third-order valence-corrected chi connectivity index (χ3v) is 6.37.